The van der Waals surface area contributed by atoms with E-state index in [0.717, 1.165) is 28.3 Å². The lowest BCUT2D eigenvalue weighted by molar-refractivity contribution is 0.251. The lowest BCUT2D eigenvalue weighted by Crippen LogP contribution is -2.28. The molecule has 1 fully saturated rings. The molecule has 1 saturated carbocycles. The Labute approximate surface area is 179 Å². The zero-order chi connectivity index (χ0) is 20.1. The fraction of sp³-hybridized carbons (Fsp3) is 0.350. The number of alkyl halides is 2. The number of benzene rings is 2. The number of carbonyl (C=O) groups is 1. The molecule has 2 amide bonds. The van der Waals surface area contributed by atoms with Crippen LogP contribution in [0.5, 0.6) is 11.5 Å². The lowest BCUT2D eigenvalue weighted by atomic mass is 10.2. The Hall–Kier alpha value is -1.76. The molecule has 0 spiro atoms. The first-order valence-electron chi connectivity index (χ1n) is 8.79. The standard InChI is InChI=1S/C20H22Cl2N2O3S/c1-26-16-8-5-6-13(18(16)27-2)11-23-19(25)24-15-7-3-4-9-17(15)28-12-14-10-20(14,21)22/h3-9,14H,10-12H2,1-2H3,(H2,23,24,25). The van der Waals surface area contributed by atoms with Gasteiger partial charge in [0.1, 0.15) is 4.33 Å². The quantitative estimate of drug-likeness (QED) is 0.431. The van der Waals surface area contributed by atoms with Crippen molar-refractivity contribution in [3.05, 3.63) is 48.0 Å². The van der Waals surface area contributed by atoms with Gasteiger partial charge in [-0.1, -0.05) is 24.3 Å². The topological polar surface area (TPSA) is 59.6 Å². The van der Waals surface area contributed by atoms with Crippen molar-refractivity contribution >= 4 is 46.7 Å². The molecule has 2 aromatic carbocycles. The van der Waals surface area contributed by atoms with Crippen molar-refractivity contribution in [3.8, 4) is 11.5 Å². The number of methoxy groups -OCH3 is 2. The molecule has 1 atom stereocenters. The van der Waals surface area contributed by atoms with Gasteiger partial charge in [0.25, 0.3) is 0 Å². The summed E-state index contributed by atoms with van der Waals surface area (Å²) < 4.78 is 10.1. The smallest absolute Gasteiger partial charge is 0.319 e. The highest BCUT2D eigenvalue weighted by atomic mass is 35.5. The van der Waals surface area contributed by atoms with Gasteiger partial charge in [0, 0.05) is 28.7 Å². The summed E-state index contributed by atoms with van der Waals surface area (Å²) >= 11 is 13.8. The molecular weight excluding hydrogens is 419 g/mol. The van der Waals surface area contributed by atoms with Crippen molar-refractivity contribution in [2.75, 3.05) is 25.3 Å². The first-order chi connectivity index (χ1) is 13.4. The van der Waals surface area contributed by atoms with Crippen LogP contribution in [0.15, 0.2) is 47.4 Å². The van der Waals surface area contributed by atoms with Crippen LogP contribution < -0.4 is 20.1 Å². The third-order valence-corrected chi connectivity index (χ3v) is 6.62. The molecule has 1 aliphatic carbocycles. The number of nitrogens with one attached hydrogen (secondary N) is 2. The molecule has 150 valence electrons. The number of anilines is 1. The Morgan fingerprint density at radius 1 is 1.18 bits per heavy atom. The summed E-state index contributed by atoms with van der Waals surface area (Å²) in [6.45, 7) is 0.310. The highest BCUT2D eigenvalue weighted by Crippen LogP contribution is 2.55. The van der Waals surface area contributed by atoms with Gasteiger partial charge in [0.15, 0.2) is 11.5 Å². The molecule has 0 aromatic heterocycles. The number of carbonyl (C=O) groups excluding carboxylic acids is 1. The van der Waals surface area contributed by atoms with Crippen LogP contribution in [0.3, 0.4) is 0 Å². The summed E-state index contributed by atoms with van der Waals surface area (Å²) in [6, 6.07) is 12.9. The number of thioether (sulfide) groups is 1. The largest absolute Gasteiger partial charge is 0.493 e. The van der Waals surface area contributed by atoms with E-state index in [4.69, 9.17) is 32.7 Å². The van der Waals surface area contributed by atoms with Gasteiger partial charge in [-0.05, 0) is 24.6 Å². The average molecular weight is 441 g/mol. The van der Waals surface area contributed by atoms with Crippen molar-refractivity contribution in [1.29, 1.82) is 0 Å². The summed E-state index contributed by atoms with van der Waals surface area (Å²) in [5.74, 6) is 2.33. The van der Waals surface area contributed by atoms with E-state index in [1.54, 1.807) is 26.0 Å². The number of urea groups is 1. The van der Waals surface area contributed by atoms with Crippen LogP contribution in [0, 0.1) is 5.92 Å². The third kappa shape index (κ3) is 5.19. The average Bonchev–Trinajstić information content (AvgIpc) is 3.31. The SMILES string of the molecule is COc1cccc(CNC(=O)Nc2ccccc2SCC2CC2(Cl)Cl)c1OC. The van der Waals surface area contributed by atoms with Crippen LogP contribution >= 0.6 is 35.0 Å². The van der Waals surface area contributed by atoms with Crippen molar-refractivity contribution < 1.29 is 14.3 Å². The normalized spacial score (nSPS) is 16.9. The van der Waals surface area contributed by atoms with Crippen molar-refractivity contribution in [2.24, 2.45) is 5.92 Å². The van der Waals surface area contributed by atoms with Crippen LogP contribution in [0.25, 0.3) is 0 Å². The summed E-state index contributed by atoms with van der Waals surface area (Å²) in [5, 5.41) is 5.76. The molecule has 2 aromatic rings. The number of ether oxygens (including phenoxy) is 2. The van der Waals surface area contributed by atoms with E-state index in [2.05, 4.69) is 10.6 Å². The van der Waals surface area contributed by atoms with Gasteiger partial charge in [-0.25, -0.2) is 4.79 Å². The predicted octanol–water partition coefficient (Wildman–Crippen LogP) is 5.31. The van der Waals surface area contributed by atoms with Crippen LogP contribution in [0.1, 0.15) is 12.0 Å². The predicted molar refractivity (Wildman–Crippen MR) is 115 cm³/mol. The van der Waals surface area contributed by atoms with Gasteiger partial charge < -0.3 is 20.1 Å². The van der Waals surface area contributed by atoms with E-state index in [0.29, 0.717) is 18.0 Å². The van der Waals surface area contributed by atoms with Crippen LogP contribution in [-0.2, 0) is 6.54 Å². The lowest BCUT2D eigenvalue weighted by Gasteiger charge is -2.14. The zero-order valence-corrected chi connectivity index (χ0v) is 18.0. The summed E-state index contributed by atoms with van der Waals surface area (Å²) in [4.78, 5) is 13.4. The number of para-hydroxylation sites is 2. The number of hydrogen-bond donors (Lipinski definition) is 2. The molecule has 2 N–H and O–H groups in total. The Morgan fingerprint density at radius 3 is 2.61 bits per heavy atom. The van der Waals surface area contributed by atoms with Gasteiger partial charge in [-0.3, -0.25) is 0 Å². The summed E-state index contributed by atoms with van der Waals surface area (Å²) in [6.07, 6.45) is 0.807. The molecule has 1 aliphatic rings. The first-order valence-corrected chi connectivity index (χ1v) is 10.5. The van der Waals surface area contributed by atoms with Gasteiger partial charge in [-0.2, -0.15) is 0 Å². The monoisotopic (exact) mass is 440 g/mol. The maximum atomic E-state index is 12.4. The minimum Gasteiger partial charge on any atom is -0.493 e. The maximum Gasteiger partial charge on any atom is 0.319 e. The fourth-order valence-electron chi connectivity index (χ4n) is 2.77. The molecular formula is C20H22Cl2N2O3S. The molecule has 1 unspecified atom stereocenters. The highest BCUT2D eigenvalue weighted by molar-refractivity contribution is 7.99. The fourth-order valence-corrected chi connectivity index (χ4v) is 4.71. The Kier molecular flexibility index (Phi) is 6.86. The maximum absolute atomic E-state index is 12.4. The van der Waals surface area contributed by atoms with E-state index in [9.17, 15) is 4.79 Å². The second kappa shape index (κ2) is 9.16. The molecule has 5 nitrogen and oxygen atoms in total. The molecule has 0 aliphatic heterocycles. The van der Waals surface area contributed by atoms with Crippen LogP contribution in [0.2, 0.25) is 0 Å². The minimum absolute atomic E-state index is 0.281. The van der Waals surface area contributed by atoms with Crippen molar-refractivity contribution in [1.82, 2.24) is 5.32 Å². The number of amides is 2. The molecule has 8 heteroatoms. The minimum atomic E-state index is -0.595. The molecule has 0 radical (unpaired) electrons. The van der Waals surface area contributed by atoms with E-state index in [1.807, 2.05) is 42.5 Å². The molecule has 0 saturated heterocycles. The molecule has 28 heavy (non-hydrogen) atoms. The molecule has 3 rings (SSSR count). The van der Waals surface area contributed by atoms with Gasteiger partial charge in [-0.15, -0.1) is 35.0 Å². The van der Waals surface area contributed by atoms with Gasteiger partial charge in [0.05, 0.1) is 19.9 Å². The number of halogens is 2. The summed E-state index contributed by atoms with van der Waals surface area (Å²) in [5.41, 5.74) is 1.58. The summed E-state index contributed by atoms with van der Waals surface area (Å²) in [7, 11) is 3.15. The zero-order valence-electron chi connectivity index (χ0n) is 15.6. The van der Waals surface area contributed by atoms with Crippen molar-refractivity contribution in [2.45, 2.75) is 22.2 Å². The molecule has 0 bridgehead atoms. The Balaban J connectivity index is 1.58. The first kappa shape index (κ1) is 21.0. The van der Waals surface area contributed by atoms with E-state index >= 15 is 0 Å². The Morgan fingerprint density at radius 2 is 1.93 bits per heavy atom. The second-order valence-corrected chi connectivity index (χ2v) is 9.03. The highest BCUT2D eigenvalue weighted by Gasteiger charge is 2.51. The van der Waals surface area contributed by atoms with Gasteiger partial charge >= 0.3 is 6.03 Å². The third-order valence-electron chi connectivity index (χ3n) is 4.45. The second-order valence-electron chi connectivity index (χ2n) is 6.43. The van der Waals surface area contributed by atoms with Crippen LogP contribution in [-0.4, -0.2) is 30.3 Å². The van der Waals surface area contributed by atoms with Gasteiger partial charge in [0.2, 0.25) is 0 Å². The van der Waals surface area contributed by atoms with E-state index in [-0.39, 0.29) is 11.9 Å². The van der Waals surface area contributed by atoms with E-state index < -0.39 is 4.33 Å². The van der Waals surface area contributed by atoms with Crippen molar-refractivity contribution in [3.63, 3.8) is 0 Å². The number of hydrogen-bond acceptors (Lipinski definition) is 4. The molecule has 0 heterocycles. The Bertz CT molecular complexity index is 848. The van der Waals surface area contributed by atoms with Crippen LogP contribution in [0.4, 0.5) is 10.5 Å². The number of rotatable bonds is 8. The van der Waals surface area contributed by atoms with E-state index in [1.165, 1.54) is 0 Å².